The van der Waals surface area contributed by atoms with Gasteiger partial charge in [0.05, 0.1) is 12.4 Å². The summed E-state index contributed by atoms with van der Waals surface area (Å²) in [6, 6.07) is 4.62. The predicted molar refractivity (Wildman–Crippen MR) is 56.6 cm³/mol. The maximum Gasteiger partial charge on any atom is 0.182 e. The number of nitrogens with one attached hydrogen (secondary N) is 1. The minimum absolute atomic E-state index is 0.148. The summed E-state index contributed by atoms with van der Waals surface area (Å²) in [5.74, 6) is 0.310. The van der Waals surface area contributed by atoms with Crippen LogP contribution in [0.4, 0.5) is 4.39 Å². The molecule has 82 valence electrons. The molecule has 1 heterocycles. The van der Waals surface area contributed by atoms with Crippen LogP contribution in [-0.2, 0) is 6.42 Å². The molecule has 0 saturated carbocycles. The Balaban J connectivity index is 2.12. The van der Waals surface area contributed by atoms with Crippen molar-refractivity contribution in [3.05, 3.63) is 29.6 Å². The van der Waals surface area contributed by atoms with E-state index < -0.39 is 0 Å². The van der Waals surface area contributed by atoms with Crippen LogP contribution in [0.1, 0.15) is 5.56 Å². The molecule has 2 rings (SSSR count). The average molecular weight is 219 g/mol. The monoisotopic (exact) mass is 219 g/mol. The maximum absolute atomic E-state index is 13.4. The molecule has 16 heavy (non-hydrogen) atoms. The molecule has 0 radical (unpaired) electrons. The average Bonchev–Trinajstić information content (AvgIpc) is 2.30. The Morgan fingerprint density at radius 3 is 3.31 bits per heavy atom. The number of fused-ring (bicyclic) bond motifs is 1. The van der Waals surface area contributed by atoms with Gasteiger partial charge >= 0.3 is 0 Å². The van der Waals surface area contributed by atoms with Gasteiger partial charge in [-0.05, 0) is 12.1 Å². The molecule has 1 aliphatic rings. The molecule has 0 fully saturated rings. The van der Waals surface area contributed by atoms with E-state index in [2.05, 4.69) is 10.3 Å². The molecule has 0 aliphatic carbocycles. The van der Waals surface area contributed by atoms with Gasteiger partial charge in [0, 0.05) is 12.0 Å². The summed E-state index contributed by atoms with van der Waals surface area (Å²) in [5, 5.41) is 10.6. The van der Waals surface area contributed by atoms with Crippen LogP contribution in [0.5, 0.6) is 5.75 Å². The van der Waals surface area contributed by atoms with Crippen molar-refractivity contribution in [2.24, 2.45) is 4.99 Å². The maximum atomic E-state index is 13.4. The van der Waals surface area contributed by atoms with E-state index in [1.165, 1.54) is 12.4 Å². The van der Waals surface area contributed by atoms with Crippen molar-refractivity contribution in [3.63, 3.8) is 0 Å². The number of aliphatic imine (C=N–C) groups is 1. The van der Waals surface area contributed by atoms with E-state index in [0.29, 0.717) is 24.3 Å². The minimum Gasteiger partial charge on any atom is -0.491 e. The Morgan fingerprint density at radius 1 is 1.62 bits per heavy atom. The summed E-state index contributed by atoms with van der Waals surface area (Å²) in [4.78, 5) is 4.06. The van der Waals surface area contributed by atoms with Crippen LogP contribution in [0.3, 0.4) is 0 Å². The number of hydrogen-bond acceptors (Lipinski definition) is 3. The molecule has 1 atom stereocenters. The fourth-order valence-corrected chi connectivity index (χ4v) is 1.62. The number of benzene rings is 1. The molecule has 1 aliphatic heterocycles. The number of ether oxygens (including phenoxy) is 1. The fraction of sp³-hybridized carbons (Fsp3) is 0.273. The molecule has 0 amide bonds. The van der Waals surface area contributed by atoms with Crippen LogP contribution in [-0.4, -0.2) is 19.0 Å². The van der Waals surface area contributed by atoms with Crippen molar-refractivity contribution in [1.82, 2.24) is 5.32 Å². The van der Waals surface area contributed by atoms with E-state index in [4.69, 9.17) is 10.00 Å². The third-order valence-corrected chi connectivity index (χ3v) is 2.36. The van der Waals surface area contributed by atoms with Gasteiger partial charge in [0.1, 0.15) is 18.2 Å². The highest BCUT2D eigenvalue weighted by molar-refractivity contribution is 5.56. The van der Waals surface area contributed by atoms with Crippen molar-refractivity contribution in [2.45, 2.75) is 12.5 Å². The summed E-state index contributed by atoms with van der Waals surface area (Å²) in [7, 11) is 0. The topological polar surface area (TPSA) is 57.4 Å². The van der Waals surface area contributed by atoms with Crippen LogP contribution in [0.15, 0.2) is 23.2 Å². The third kappa shape index (κ3) is 2.11. The lowest BCUT2D eigenvalue weighted by Gasteiger charge is -2.22. The lowest BCUT2D eigenvalue weighted by Crippen LogP contribution is -2.26. The zero-order valence-electron chi connectivity index (χ0n) is 8.48. The molecule has 0 saturated heterocycles. The zero-order chi connectivity index (χ0) is 11.4. The van der Waals surface area contributed by atoms with E-state index in [1.807, 2.05) is 0 Å². The molecule has 1 aromatic carbocycles. The summed E-state index contributed by atoms with van der Waals surface area (Å²) in [5.41, 5.74) is 0.549. The predicted octanol–water partition coefficient (Wildman–Crippen LogP) is 1.23. The first kappa shape index (κ1) is 10.4. The SMILES string of the molecule is N#CNC=NC1COc2cccc(F)c2C1. The van der Waals surface area contributed by atoms with Crippen LogP contribution in [0, 0.1) is 17.3 Å². The second kappa shape index (κ2) is 4.62. The molecular weight excluding hydrogens is 209 g/mol. The molecule has 1 unspecified atom stereocenters. The van der Waals surface area contributed by atoms with Crippen molar-refractivity contribution in [3.8, 4) is 11.9 Å². The normalized spacial score (nSPS) is 18.6. The van der Waals surface area contributed by atoms with Gasteiger partial charge in [-0.1, -0.05) is 6.07 Å². The molecule has 1 N–H and O–H groups in total. The van der Waals surface area contributed by atoms with Crippen molar-refractivity contribution in [2.75, 3.05) is 6.61 Å². The molecule has 0 bridgehead atoms. The van der Waals surface area contributed by atoms with Crippen molar-refractivity contribution < 1.29 is 9.13 Å². The number of rotatable bonds is 2. The van der Waals surface area contributed by atoms with E-state index >= 15 is 0 Å². The van der Waals surface area contributed by atoms with Gasteiger partial charge in [0.25, 0.3) is 0 Å². The molecule has 1 aromatic rings. The van der Waals surface area contributed by atoms with Gasteiger partial charge in [-0.15, -0.1) is 0 Å². The van der Waals surface area contributed by atoms with Crippen molar-refractivity contribution >= 4 is 6.34 Å². The summed E-state index contributed by atoms with van der Waals surface area (Å²) < 4.78 is 18.8. The summed E-state index contributed by atoms with van der Waals surface area (Å²) in [6.45, 7) is 0.403. The molecule has 0 spiro atoms. The van der Waals surface area contributed by atoms with E-state index in [1.54, 1.807) is 18.3 Å². The van der Waals surface area contributed by atoms with Crippen LogP contribution in [0.2, 0.25) is 0 Å². The second-order valence-corrected chi connectivity index (χ2v) is 3.42. The van der Waals surface area contributed by atoms with Gasteiger partial charge < -0.3 is 4.74 Å². The Labute approximate surface area is 92.4 Å². The Kier molecular flexibility index (Phi) is 3.01. The summed E-state index contributed by atoms with van der Waals surface area (Å²) >= 11 is 0. The number of nitriles is 1. The van der Waals surface area contributed by atoms with Crippen LogP contribution >= 0.6 is 0 Å². The van der Waals surface area contributed by atoms with E-state index in [-0.39, 0.29) is 11.9 Å². The molecule has 5 heteroatoms. The van der Waals surface area contributed by atoms with Gasteiger partial charge in [-0.25, -0.2) is 4.39 Å². The highest BCUT2D eigenvalue weighted by Crippen LogP contribution is 2.27. The first-order valence-electron chi connectivity index (χ1n) is 4.87. The number of halogens is 1. The fourth-order valence-electron chi connectivity index (χ4n) is 1.62. The lowest BCUT2D eigenvalue weighted by molar-refractivity contribution is 0.260. The van der Waals surface area contributed by atoms with Crippen LogP contribution < -0.4 is 10.1 Å². The first-order valence-corrected chi connectivity index (χ1v) is 4.87. The lowest BCUT2D eigenvalue weighted by atomic mass is 10.0. The zero-order valence-corrected chi connectivity index (χ0v) is 8.48. The largest absolute Gasteiger partial charge is 0.491 e. The number of nitrogens with zero attached hydrogens (tertiary/aromatic N) is 2. The quantitative estimate of drug-likeness (QED) is 0.352. The van der Waals surface area contributed by atoms with Crippen molar-refractivity contribution in [1.29, 1.82) is 5.26 Å². The standard InChI is InChI=1S/C11H10FN3O/c12-10-2-1-3-11-9(10)4-8(5-16-11)15-7-14-6-13/h1-3,7-8H,4-5H2,(H,14,15). The molecular formula is C11H10FN3O. The second-order valence-electron chi connectivity index (χ2n) is 3.42. The van der Waals surface area contributed by atoms with Gasteiger partial charge in [-0.2, -0.15) is 5.26 Å². The van der Waals surface area contributed by atoms with E-state index in [0.717, 1.165) is 0 Å². The first-order chi connectivity index (χ1) is 7.81. The third-order valence-electron chi connectivity index (χ3n) is 2.36. The summed E-state index contributed by atoms with van der Waals surface area (Å²) in [6.07, 6.45) is 3.52. The smallest absolute Gasteiger partial charge is 0.182 e. The highest BCUT2D eigenvalue weighted by Gasteiger charge is 2.21. The number of hydrogen-bond donors (Lipinski definition) is 1. The van der Waals surface area contributed by atoms with E-state index in [9.17, 15) is 4.39 Å². The van der Waals surface area contributed by atoms with Crippen LogP contribution in [0.25, 0.3) is 0 Å². The molecule has 4 nitrogen and oxygen atoms in total. The van der Waals surface area contributed by atoms with Gasteiger partial charge in [0.2, 0.25) is 0 Å². The Morgan fingerprint density at radius 2 is 2.50 bits per heavy atom. The van der Waals surface area contributed by atoms with Gasteiger partial charge in [0.15, 0.2) is 6.19 Å². The minimum atomic E-state index is -0.273. The Hall–Kier alpha value is -2.09. The van der Waals surface area contributed by atoms with Gasteiger partial charge in [-0.3, -0.25) is 10.3 Å². The highest BCUT2D eigenvalue weighted by atomic mass is 19.1. The molecule has 0 aromatic heterocycles. The Bertz CT molecular complexity index is 453.